The number of para-hydroxylation sites is 1. The SMILES string of the molecule is Cc1ccc(C(NN)c2cccc3cccnc23)cc1. The van der Waals surface area contributed by atoms with Crippen molar-refractivity contribution in [2.24, 2.45) is 5.84 Å². The van der Waals surface area contributed by atoms with E-state index in [0.717, 1.165) is 22.0 Å². The predicted octanol–water partition coefficient (Wildman–Crippen LogP) is 3.10. The highest BCUT2D eigenvalue weighted by Crippen LogP contribution is 2.27. The van der Waals surface area contributed by atoms with Crippen LogP contribution in [-0.2, 0) is 0 Å². The van der Waals surface area contributed by atoms with E-state index in [-0.39, 0.29) is 6.04 Å². The Morgan fingerprint density at radius 3 is 2.50 bits per heavy atom. The predicted molar refractivity (Wildman–Crippen MR) is 82.1 cm³/mol. The van der Waals surface area contributed by atoms with Crippen LogP contribution in [0.4, 0.5) is 0 Å². The average molecular weight is 263 g/mol. The number of aromatic nitrogens is 1. The largest absolute Gasteiger partial charge is 0.271 e. The molecule has 0 saturated carbocycles. The highest BCUT2D eigenvalue weighted by molar-refractivity contribution is 5.82. The lowest BCUT2D eigenvalue weighted by molar-refractivity contribution is 0.640. The van der Waals surface area contributed by atoms with Crippen LogP contribution >= 0.6 is 0 Å². The van der Waals surface area contributed by atoms with Crippen LogP contribution in [0, 0.1) is 6.92 Å². The molecule has 3 rings (SSSR count). The van der Waals surface area contributed by atoms with Crippen molar-refractivity contribution in [3.63, 3.8) is 0 Å². The van der Waals surface area contributed by atoms with Gasteiger partial charge in [-0.25, -0.2) is 5.43 Å². The van der Waals surface area contributed by atoms with Crippen molar-refractivity contribution in [3.05, 3.63) is 77.5 Å². The quantitative estimate of drug-likeness (QED) is 0.564. The van der Waals surface area contributed by atoms with Gasteiger partial charge in [-0.05, 0) is 18.6 Å². The maximum absolute atomic E-state index is 5.79. The van der Waals surface area contributed by atoms with Gasteiger partial charge in [0.15, 0.2) is 0 Å². The van der Waals surface area contributed by atoms with E-state index in [1.807, 2.05) is 18.3 Å². The van der Waals surface area contributed by atoms with Crippen LogP contribution in [0.3, 0.4) is 0 Å². The van der Waals surface area contributed by atoms with Crippen LogP contribution in [0.2, 0.25) is 0 Å². The summed E-state index contributed by atoms with van der Waals surface area (Å²) in [5, 5.41) is 1.12. The van der Waals surface area contributed by atoms with Crippen molar-refractivity contribution in [2.75, 3.05) is 0 Å². The van der Waals surface area contributed by atoms with Crippen LogP contribution in [0.1, 0.15) is 22.7 Å². The second-order valence-corrected chi connectivity index (χ2v) is 4.93. The zero-order chi connectivity index (χ0) is 13.9. The third kappa shape index (κ3) is 2.29. The first kappa shape index (κ1) is 12.8. The van der Waals surface area contributed by atoms with E-state index in [9.17, 15) is 0 Å². The van der Waals surface area contributed by atoms with Gasteiger partial charge in [-0.2, -0.15) is 0 Å². The molecule has 2 aromatic carbocycles. The Balaban J connectivity index is 2.14. The van der Waals surface area contributed by atoms with Crippen molar-refractivity contribution in [3.8, 4) is 0 Å². The lowest BCUT2D eigenvalue weighted by Crippen LogP contribution is -2.29. The van der Waals surface area contributed by atoms with Crippen molar-refractivity contribution in [2.45, 2.75) is 13.0 Å². The number of pyridine rings is 1. The molecule has 0 aliphatic rings. The molecule has 0 aliphatic heterocycles. The van der Waals surface area contributed by atoms with Gasteiger partial charge >= 0.3 is 0 Å². The van der Waals surface area contributed by atoms with E-state index >= 15 is 0 Å². The first-order chi connectivity index (χ1) is 9.79. The van der Waals surface area contributed by atoms with Gasteiger partial charge in [0.2, 0.25) is 0 Å². The molecule has 0 amide bonds. The summed E-state index contributed by atoms with van der Waals surface area (Å²) in [5.74, 6) is 5.79. The van der Waals surface area contributed by atoms with E-state index in [1.165, 1.54) is 5.56 Å². The molecule has 1 atom stereocenters. The molecule has 0 bridgehead atoms. The summed E-state index contributed by atoms with van der Waals surface area (Å²) >= 11 is 0. The molecule has 0 spiro atoms. The smallest absolute Gasteiger partial charge is 0.0753 e. The summed E-state index contributed by atoms with van der Waals surface area (Å²) in [6, 6.07) is 18.5. The third-order valence-corrected chi connectivity index (χ3v) is 3.55. The maximum atomic E-state index is 5.79. The van der Waals surface area contributed by atoms with E-state index in [4.69, 9.17) is 5.84 Å². The van der Waals surface area contributed by atoms with Crippen LogP contribution in [0.5, 0.6) is 0 Å². The number of rotatable bonds is 3. The molecule has 1 aromatic heterocycles. The van der Waals surface area contributed by atoms with E-state index in [1.54, 1.807) is 0 Å². The summed E-state index contributed by atoms with van der Waals surface area (Å²) in [5.41, 5.74) is 7.36. The van der Waals surface area contributed by atoms with Crippen LogP contribution in [0.25, 0.3) is 10.9 Å². The highest BCUT2D eigenvalue weighted by Gasteiger charge is 2.15. The Kier molecular flexibility index (Phi) is 3.46. The van der Waals surface area contributed by atoms with Crippen molar-refractivity contribution in [1.82, 2.24) is 10.4 Å². The summed E-state index contributed by atoms with van der Waals surface area (Å²) in [4.78, 5) is 4.50. The van der Waals surface area contributed by atoms with Crippen molar-refractivity contribution in [1.29, 1.82) is 0 Å². The number of nitrogens with two attached hydrogens (primary N) is 1. The van der Waals surface area contributed by atoms with Gasteiger partial charge in [-0.15, -0.1) is 0 Å². The third-order valence-electron chi connectivity index (χ3n) is 3.55. The number of nitrogens with one attached hydrogen (secondary N) is 1. The minimum absolute atomic E-state index is 0.0609. The molecule has 0 fully saturated rings. The number of hydrogen-bond acceptors (Lipinski definition) is 3. The molecule has 0 radical (unpaired) electrons. The molecule has 20 heavy (non-hydrogen) atoms. The summed E-state index contributed by atoms with van der Waals surface area (Å²) in [6.07, 6.45) is 1.81. The number of hydrogen-bond donors (Lipinski definition) is 2. The molecule has 0 saturated heterocycles. The Labute approximate surface area is 118 Å². The molecular formula is C17H17N3. The molecule has 1 unspecified atom stereocenters. The van der Waals surface area contributed by atoms with Gasteiger partial charge in [0.05, 0.1) is 11.6 Å². The summed E-state index contributed by atoms with van der Waals surface area (Å²) < 4.78 is 0. The minimum Gasteiger partial charge on any atom is -0.271 e. The first-order valence-electron chi connectivity index (χ1n) is 6.66. The fourth-order valence-electron chi connectivity index (χ4n) is 2.49. The number of hydrazine groups is 1. The number of nitrogens with zero attached hydrogens (tertiary/aromatic N) is 1. The Bertz CT molecular complexity index is 714. The van der Waals surface area contributed by atoms with Crippen molar-refractivity contribution < 1.29 is 0 Å². The Morgan fingerprint density at radius 1 is 1.00 bits per heavy atom. The van der Waals surface area contributed by atoms with Gasteiger partial charge in [0.25, 0.3) is 0 Å². The molecule has 3 heteroatoms. The second kappa shape index (κ2) is 5.41. The highest BCUT2D eigenvalue weighted by atomic mass is 15.2. The zero-order valence-electron chi connectivity index (χ0n) is 11.4. The van der Waals surface area contributed by atoms with Crippen LogP contribution in [0.15, 0.2) is 60.8 Å². The fourth-order valence-corrected chi connectivity index (χ4v) is 2.49. The van der Waals surface area contributed by atoms with Crippen molar-refractivity contribution >= 4 is 10.9 Å². The molecule has 0 aliphatic carbocycles. The van der Waals surface area contributed by atoms with Gasteiger partial charge < -0.3 is 0 Å². The number of benzene rings is 2. The van der Waals surface area contributed by atoms with E-state index < -0.39 is 0 Å². The lowest BCUT2D eigenvalue weighted by atomic mass is 9.96. The average Bonchev–Trinajstić information content (AvgIpc) is 2.50. The van der Waals surface area contributed by atoms with E-state index in [2.05, 4.69) is 59.8 Å². The molecule has 1 heterocycles. The minimum atomic E-state index is -0.0609. The molecule has 3 N–H and O–H groups in total. The van der Waals surface area contributed by atoms with Crippen LogP contribution < -0.4 is 11.3 Å². The standard InChI is InChI=1S/C17H17N3/c1-12-7-9-14(10-8-12)17(20-18)15-6-2-4-13-5-3-11-19-16(13)15/h2-11,17,20H,18H2,1H3. The number of aryl methyl sites for hydroxylation is 1. The molecule has 3 nitrogen and oxygen atoms in total. The van der Waals surface area contributed by atoms with Gasteiger partial charge in [0, 0.05) is 17.1 Å². The van der Waals surface area contributed by atoms with Gasteiger partial charge in [-0.3, -0.25) is 10.8 Å². The molecule has 3 aromatic rings. The normalized spacial score (nSPS) is 12.5. The van der Waals surface area contributed by atoms with Gasteiger partial charge in [0.1, 0.15) is 0 Å². The lowest BCUT2D eigenvalue weighted by Gasteiger charge is -2.18. The fraction of sp³-hybridized carbons (Fsp3) is 0.118. The summed E-state index contributed by atoms with van der Waals surface area (Å²) in [6.45, 7) is 2.08. The topological polar surface area (TPSA) is 50.9 Å². The number of fused-ring (bicyclic) bond motifs is 1. The Morgan fingerprint density at radius 2 is 1.75 bits per heavy atom. The van der Waals surface area contributed by atoms with E-state index in [0.29, 0.717) is 0 Å². The Hall–Kier alpha value is -2.23. The molecule has 100 valence electrons. The zero-order valence-corrected chi connectivity index (χ0v) is 11.4. The summed E-state index contributed by atoms with van der Waals surface area (Å²) in [7, 11) is 0. The van der Waals surface area contributed by atoms with Gasteiger partial charge in [-0.1, -0.05) is 54.1 Å². The monoisotopic (exact) mass is 263 g/mol. The first-order valence-corrected chi connectivity index (χ1v) is 6.66. The molecular weight excluding hydrogens is 246 g/mol. The van der Waals surface area contributed by atoms with Crippen LogP contribution in [-0.4, -0.2) is 4.98 Å². The second-order valence-electron chi connectivity index (χ2n) is 4.93. The maximum Gasteiger partial charge on any atom is 0.0753 e.